The standard InChI is InChI=1S/C18H17FO3/c1-12(10-18(20)21)9-13-3-5-14(6-4-13)15-7-8-17(22-2)16(19)11-15/h3-8,10-11H,9H2,1-2H3,(H,20,21)/b12-10+. The fourth-order valence-electron chi connectivity index (χ4n) is 2.24. The number of carbonyl (C=O) groups is 1. The lowest BCUT2D eigenvalue weighted by atomic mass is 10.0. The highest BCUT2D eigenvalue weighted by Gasteiger charge is 2.05. The lowest BCUT2D eigenvalue weighted by molar-refractivity contribution is -0.131. The Hall–Kier alpha value is -2.62. The smallest absolute Gasteiger partial charge is 0.328 e. The molecule has 2 aromatic carbocycles. The molecule has 1 N–H and O–H groups in total. The summed E-state index contributed by atoms with van der Waals surface area (Å²) >= 11 is 0. The van der Waals surface area contributed by atoms with Gasteiger partial charge in [0.05, 0.1) is 7.11 Å². The van der Waals surface area contributed by atoms with E-state index < -0.39 is 11.8 Å². The zero-order chi connectivity index (χ0) is 16.1. The first-order chi connectivity index (χ1) is 10.5. The van der Waals surface area contributed by atoms with Gasteiger partial charge >= 0.3 is 5.97 Å². The first-order valence-corrected chi connectivity index (χ1v) is 6.82. The third-order valence-electron chi connectivity index (χ3n) is 3.29. The maximum absolute atomic E-state index is 13.7. The van der Waals surface area contributed by atoms with Gasteiger partial charge in [-0.3, -0.25) is 0 Å². The second kappa shape index (κ2) is 6.89. The van der Waals surface area contributed by atoms with Crippen LogP contribution in [-0.2, 0) is 11.2 Å². The maximum Gasteiger partial charge on any atom is 0.328 e. The van der Waals surface area contributed by atoms with Crippen LogP contribution in [0.3, 0.4) is 0 Å². The third kappa shape index (κ3) is 3.95. The van der Waals surface area contributed by atoms with Crippen LogP contribution < -0.4 is 4.74 Å². The van der Waals surface area contributed by atoms with E-state index in [9.17, 15) is 9.18 Å². The fourth-order valence-corrected chi connectivity index (χ4v) is 2.24. The number of halogens is 1. The molecular weight excluding hydrogens is 283 g/mol. The lowest BCUT2D eigenvalue weighted by Gasteiger charge is -2.07. The summed E-state index contributed by atoms with van der Waals surface area (Å²) in [7, 11) is 1.43. The zero-order valence-electron chi connectivity index (χ0n) is 12.5. The van der Waals surface area contributed by atoms with Gasteiger partial charge in [0.15, 0.2) is 11.6 Å². The van der Waals surface area contributed by atoms with Crippen molar-refractivity contribution in [2.24, 2.45) is 0 Å². The Labute approximate surface area is 128 Å². The Morgan fingerprint density at radius 1 is 1.18 bits per heavy atom. The molecule has 0 bridgehead atoms. The number of hydrogen-bond donors (Lipinski definition) is 1. The molecule has 0 aliphatic heterocycles. The molecule has 0 aliphatic rings. The molecule has 114 valence electrons. The minimum atomic E-state index is -0.942. The number of ether oxygens (including phenoxy) is 1. The number of hydrogen-bond acceptors (Lipinski definition) is 2. The number of benzene rings is 2. The van der Waals surface area contributed by atoms with E-state index in [2.05, 4.69) is 0 Å². The zero-order valence-corrected chi connectivity index (χ0v) is 12.5. The van der Waals surface area contributed by atoms with Gasteiger partial charge in [-0.2, -0.15) is 0 Å². The average molecular weight is 300 g/mol. The van der Waals surface area contributed by atoms with Crippen LogP contribution >= 0.6 is 0 Å². The molecule has 0 atom stereocenters. The van der Waals surface area contributed by atoms with Gasteiger partial charge in [-0.15, -0.1) is 0 Å². The Balaban J connectivity index is 2.18. The predicted molar refractivity (Wildman–Crippen MR) is 83.5 cm³/mol. The molecule has 2 rings (SSSR count). The summed E-state index contributed by atoms with van der Waals surface area (Å²) in [5, 5.41) is 8.70. The summed E-state index contributed by atoms with van der Waals surface area (Å²) in [6.45, 7) is 1.78. The molecule has 0 amide bonds. The van der Waals surface area contributed by atoms with E-state index in [1.807, 2.05) is 24.3 Å². The van der Waals surface area contributed by atoms with Crippen LogP contribution in [0.5, 0.6) is 5.75 Å². The molecule has 0 spiro atoms. The van der Waals surface area contributed by atoms with Crippen LogP contribution in [0.2, 0.25) is 0 Å². The lowest BCUT2D eigenvalue weighted by Crippen LogP contribution is -1.93. The predicted octanol–water partition coefficient (Wildman–Crippen LogP) is 4.07. The summed E-state index contributed by atoms with van der Waals surface area (Å²) in [6, 6.07) is 12.4. The molecule has 0 radical (unpaired) electrons. The van der Waals surface area contributed by atoms with E-state index in [0.717, 1.165) is 22.3 Å². The van der Waals surface area contributed by atoms with Crippen molar-refractivity contribution in [3.05, 3.63) is 65.5 Å². The minimum Gasteiger partial charge on any atom is -0.494 e. The molecular formula is C18H17FO3. The van der Waals surface area contributed by atoms with E-state index in [0.29, 0.717) is 6.42 Å². The summed E-state index contributed by atoms with van der Waals surface area (Å²) in [5.74, 6) is -1.12. The first kappa shape index (κ1) is 15.8. The van der Waals surface area contributed by atoms with E-state index >= 15 is 0 Å². The van der Waals surface area contributed by atoms with Crippen molar-refractivity contribution in [2.75, 3.05) is 7.11 Å². The van der Waals surface area contributed by atoms with Crippen molar-refractivity contribution < 1.29 is 19.0 Å². The SMILES string of the molecule is COc1ccc(-c2ccc(C/C(C)=C/C(=O)O)cc2)cc1F. The maximum atomic E-state index is 13.7. The second-order valence-corrected chi connectivity index (χ2v) is 5.05. The van der Waals surface area contributed by atoms with Crippen molar-refractivity contribution in [1.29, 1.82) is 0 Å². The number of rotatable bonds is 5. The van der Waals surface area contributed by atoms with E-state index in [-0.39, 0.29) is 5.75 Å². The van der Waals surface area contributed by atoms with Gasteiger partial charge in [0.1, 0.15) is 0 Å². The van der Waals surface area contributed by atoms with Gasteiger partial charge in [-0.25, -0.2) is 9.18 Å². The summed E-state index contributed by atoms with van der Waals surface area (Å²) < 4.78 is 18.6. The molecule has 0 saturated heterocycles. The Morgan fingerprint density at radius 3 is 2.36 bits per heavy atom. The molecule has 22 heavy (non-hydrogen) atoms. The van der Waals surface area contributed by atoms with Crippen molar-refractivity contribution in [3.63, 3.8) is 0 Å². The van der Waals surface area contributed by atoms with Gasteiger partial charge in [0.25, 0.3) is 0 Å². The molecule has 0 saturated carbocycles. The van der Waals surface area contributed by atoms with E-state index in [4.69, 9.17) is 9.84 Å². The number of methoxy groups -OCH3 is 1. The normalized spacial score (nSPS) is 11.3. The van der Waals surface area contributed by atoms with Gasteiger partial charge < -0.3 is 9.84 Å². The van der Waals surface area contributed by atoms with E-state index in [1.165, 1.54) is 19.3 Å². The Kier molecular flexibility index (Phi) is 4.94. The molecule has 0 fully saturated rings. The average Bonchev–Trinajstić information content (AvgIpc) is 2.47. The molecule has 2 aromatic rings. The van der Waals surface area contributed by atoms with Crippen LogP contribution in [0, 0.1) is 5.82 Å². The topological polar surface area (TPSA) is 46.5 Å². The van der Waals surface area contributed by atoms with Crippen LogP contribution in [0.15, 0.2) is 54.1 Å². The van der Waals surface area contributed by atoms with E-state index in [1.54, 1.807) is 19.1 Å². The van der Waals surface area contributed by atoms with Gasteiger partial charge in [-0.05, 0) is 42.2 Å². The number of aliphatic carboxylic acids is 1. The largest absolute Gasteiger partial charge is 0.494 e. The van der Waals surface area contributed by atoms with Crippen molar-refractivity contribution in [1.82, 2.24) is 0 Å². The van der Waals surface area contributed by atoms with Crippen LogP contribution in [0.4, 0.5) is 4.39 Å². The highest BCUT2D eigenvalue weighted by molar-refractivity contribution is 5.80. The molecule has 0 aliphatic carbocycles. The monoisotopic (exact) mass is 300 g/mol. The quantitative estimate of drug-likeness (QED) is 0.846. The van der Waals surface area contributed by atoms with Crippen LogP contribution in [0.25, 0.3) is 11.1 Å². The summed E-state index contributed by atoms with van der Waals surface area (Å²) in [5.41, 5.74) is 3.44. The summed E-state index contributed by atoms with van der Waals surface area (Å²) in [6.07, 6.45) is 1.77. The summed E-state index contributed by atoms with van der Waals surface area (Å²) in [4.78, 5) is 10.6. The molecule has 3 nitrogen and oxygen atoms in total. The first-order valence-electron chi connectivity index (χ1n) is 6.82. The Bertz CT molecular complexity index is 703. The molecule has 0 heterocycles. The number of carboxylic acids is 1. The second-order valence-electron chi connectivity index (χ2n) is 5.05. The van der Waals surface area contributed by atoms with Crippen LogP contribution in [-0.4, -0.2) is 18.2 Å². The molecule has 0 unspecified atom stereocenters. The van der Waals surface area contributed by atoms with Crippen molar-refractivity contribution >= 4 is 5.97 Å². The number of allylic oxidation sites excluding steroid dienone is 1. The Morgan fingerprint density at radius 2 is 1.82 bits per heavy atom. The van der Waals surface area contributed by atoms with Gasteiger partial charge in [-0.1, -0.05) is 35.9 Å². The van der Waals surface area contributed by atoms with Crippen molar-refractivity contribution in [2.45, 2.75) is 13.3 Å². The van der Waals surface area contributed by atoms with Gasteiger partial charge in [0, 0.05) is 6.08 Å². The number of carboxylic acid groups (broad SMARTS) is 1. The molecule has 0 aromatic heterocycles. The van der Waals surface area contributed by atoms with Crippen LogP contribution in [0.1, 0.15) is 12.5 Å². The van der Waals surface area contributed by atoms with Gasteiger partial charge in [0.2, 0.25) is 0 Å². The highest BCUT2D eigenvalue weighted by atomic mass is 19.1. The fraction of sp³-hybridized carbons (Fsp3) is 0.167. The third-order valence-corrected chi connectivity index (χ3v) is 3.29. The molecule has 4 heteroatoms. The highest BCUT2D eigenvalue weighted by Crippen LogP contribution is 2.26. The van der Waals surface area contributed by atoms with Crippen molar-refractivity contribution in [3.8, 4) is 16.9 Å². The minimum absolute atomic E-state index is 0.217.